The molecule has 2 aliphatic rings. The molecule has 2 fully saturated rings. The molecule has 0 aromatic heterocycles. The van der Waals surface area contributed by atoms with Crippen LogP contribution in [-0.4, -0.2) is 35.6 Å². The second-order valence-electron chi connectivity index (χ2n) is 7.14. The maximum absolute atomic E-state index is 3.87. The van der Waals surface area contributed by atoms with Gasteiger partial charge in [0.05, 0.1) is 0 Å². The van der Waals surface area contributed by atoms with Crippen molar-refractivity contribution in [3.63, 3.8) is 0 Å². The van der Waals surface area contributed by atoms with Gasteiger partial charge in [-0.2, -0.15) is 0 Å². The third-order valence-electron chi connectivity index (χ3n) is 5.09. The van der Waals surface area contributed by atoms with Gasteiger partial charge >= 0.3 is 0 Å². The van der Waals surface area contributed by atoms with E-state index in [2.05, 4.69) is 31.0 Å². The summed E-state index contributed by atoms with van der Waals surface area (Å²) in [5, 5.41) is 3.87. The first kappa shape index (κ1) is 14.3. The second kappa shape index (κ2) is 5.92. The van der Waals surface area contributed by atoms with Crippen LogP contribution in [0.5, 0.6) is 0 Å². The first-order chi connectivity index (χ1) is 8.58. The molecule has 106 valence electrons. The molecule has 18 heavy (non-hydrogen) atoms. The van der Waals surface area contributed by atoms with Crippen LogP contribution in [0.2, 0.25) is 0 Å². The maximum atomic E-state index is 3.87. The topological polar surface area (TPSA) is 15.3 Å². The predicted octanol–water partition coefficient (Wildman–Crippen LogP) is 3.56. The van der Waals surface area contributed by atoms with E-state index >= 15 is 0 Å². The zero-order valence-electron chi connectivity index (χ0n) is 12.7. The first-order valence-electron chi connectivity index (χ1n) is 8.08. The highest BCUT2D eigenvalue weighted by molar-refractivity contribution is 5.03. The molecule has 1 aliphatic carbocycles. The zero-order valence-corrected chi connectivity index (χ0v) is 12.7. The molecule has 1 saturated carbocycles. The number of piperazine rings is 1. The summed E-state index contributed by atoms with van der Waals surface area (Å²) < 4.78 is 0. The van der Waals surface area contributed by atoms with Gasteiger partial charge in [-0.3, -0.25) is 4.90 Å². The summed E-state index contributed by atoms with van der Waals surface area (Å²) in [6.45, 7) is 10.9. The van der Waals surface area contributed by atoms with Crippen molar-refractivity contribution < 1.29 is 0 Å². The SMILES string of the molecule is CCCCCCN1CC2(CCCC2)NCC1(C)C. The van der Waals surface area contributed by atoms with Crippen molar-refractivity contribution in [3.05, 3.63) is 0 Å². The minimum absolute atomic E-state index is 0.347. The summed E-state index contributed by atoms with van der Waals surface area (Å²) in [7, 11) is 0. The molecule has 0 aromatic rings. The van der Waals surface area contributed by atoms with Crippen LogP contribution < -0.4 is 5.32 Å². The third kappa shape index (κ3) is 3.27. The molecular formula is C16H32N2. The van der Waals surface area contributed by atoms with Crippen molar-refractivity contribution in [2.45, 2.75) is 83.2 Å². The van der Waals surface area contributed by atoms with Crippen molar-refractivity contribution in [2.75, 3.05) is 19.6 Å². The summed E-state index contributed by atoms with van der Waals surface area (Å²) in [6.07, 6.45) is 11.2. The standard InChI is InChI=1S/C16H32N2/c1-4-5-6-9-12-18-14-16(10-7-8-11-16)17-13-15(18,2)3/h17H,4-14H2,1-3H3. The Labute approximate surface area is 114 Å². The van der Waals surface area contributed by atoms with E-state index in [9.17, 15) is 0 Å². The highest BCUT2D eigenvalue weighted by Gasteiger charge is 2.43. The monoisotopic (exact) mass is 252 g/mol. The van der Waals surface area contributed by atoms with E-state index in [1.54, 1.807) is 0 Å². The summed E-state index contributed by atoms with van der Waals surface area (Å²) in [4.78, 5) is 2.77. The number of rotatable bonds is 5. The van der Waals surface area contributed by atoms with Crippen LogP contribution in [0.25, 0.3) is 0 Å². The first-order valence-corrected chi connectivity index (χ1v) is 8.08. The fourth-order valence-electron chi connectivity index (χ4n) is 3.65. The molecule has 0 aromatic carbocycles. The molecule has 0 atom stereocenters. The van der Waals surface area contributed by atoms with E-state index in [0.29, 0.717) is 11.1 Å². The van der Waals surface area contributed by atoms with Crippen LogP contribution in [0.3, 0.4) is 0 Å². The molecular weight excluding hydrogens is 220 g/mol. The smallest absolute Gasteiger partial charge is 0.0309 e. The number of unbranched alkanes of at least 4 members (excludes halogenated alkanes) is 3. The Kier molecular flexibility index (Phi) is 4.71. The average Bonchev–Trinajstić information content (AvgIpc) is 2.78. The van der Waals surface area contributed by atoms with E-state index in [1.165, 1.54) is 71.0 Å². The van der Waals surface area contributed by atoms with Gasteiger partial charge in [-0.1, -0.05) is 39.0 Å². The molecule has 1 saturated heterocycles. The lowest BCUT2D eigenvalue weighted by molar-refractivity contribution is 0.0271. The molecule has 2 nitrogen and oxygen atoms in total. The van der Waals surface area contributed by atoms with Gasteiger partial charge in [-0.05, 0) is 39.7 Å². The molecule has 0 radical (unpaired) electrons. The normalized spacial score (nSPS) is 26.8. The predicted molar refractivity (Wildman–Crippen MR) is 79.0 cm³/mol. The molecule has 2 rings (SSSR count). The van der Waals surface area contributed by atoms with E-state index in [1.807, 2.05) is 0 Å². The highest BCUT2D eigenvalue weighted by Crippen LogP contribution is 2.35. The Bertz CT molecular complexity index is 254. The molecule has 0 bridgehead atoms. The largest absolute Gasteiger partial charge is 0.308 e. The Hall–Kier alpha value is -0.0800. The summed E-state index contributed by atoms with van der Waals surface area (Å²) in [5.74, 6) is 0. The minimum atomic E-state index is 0.347. The van der Waals surface area contributed by atoms with E-state index in [4.69, 9.17) is 0 Å². The highest BCUT2D eigenvalue weighted by atomic mass is 15.3. The Morgan fingerprint density at radius 3 is 2.44 bits per heavy atom. The molecule has 0 unspecified atom stereocenters. The summed E-state index contributed by atoms with van der Waals surface area (Å²) in [6, 6.07) is 0. The fourth-order valence-corrected chi connectivity index (χ4v) is 3.65. The lowest BCUT2D eigenvalue weighted by atomic mass is 9.87. The summed E-state index contributed by atoms with van der Waals surface area (Å²) >= 11 is 0. The van der Waals surface area contributed by atoms with Crippen molar-refractivity contribution in [2.24, 2.45) is 0 Å². The van der Waals surface area contributed by atoms with Crippen molar-refractivity contribution >= 4 is 0 Å². The van der Waals surface area contributed by atoms with Crippen LogP contribution in [0.15, 0.2) is 0 Å². The van der Waals surface area contributed by atoms with Gasteiger partial charge in [0.2, 0.25) is 0 Å². The Balaban J connectivity index is 1.87. The van der Waals surface area contributed by atoms with Crippen LogP contribution in [0, 0.1) is 0 Å². The minimum Gasteiger partial charge on any atom is -0.308 e. The van der Waals surface area contributed by atoms with E-state index in [-0.39, 0.29) is 0 Å². The van der Waals surface area contributed by atoms with Gasteiger partial charge in [0.25, 0.3) is 0 Å². The molecule has 1 heterocycles. The van der Waals surface area contributed by atoms with Crippen molar-refractivity contribution in [1.82, 2.24) is 10.2 Å². The molecule has 1 aliphatic heterocycles. The van der Waals surface area contributed by atoms with Gasteiger partial charge in [0.15, 0.2) is 0 Å². The molecule has 0 amide bonds. The Morgan fingerprint density at radius 1 is 1.06 bits per heavy atom. The maximum Gasteiger partial charge on any atom is 0.0309 e. The summed E-state index contributed by atoms with van der Waals surface area (Å²) in [5.41, 5.74) is 0.820. The number of nitrogens with one attached hydrogen (secondary N) is 1. The van der Waals surface area contributed by atoms with Gasteiger partial charge < -0.3 is 5.32 Å². The molecule has 1 N–H and O–H groups in total. The van der Waals surface area contributed by atoms with E-state index < -0.39 is 0 Å². The molecule has 2 heteroatoms. The lowest BCUT2D eigenvalue weighted by Gasteiger charge is -2.51. The quantitative estimate of drug-likeness (QED) is 0.753. The van der Waals surface area contributed by atoms with Gasteiger partial charge in [-0.15, -0.1) is 0 Å². The van der Waals surface area contributed by atoms with Crippen molar-refractivity contribution in [3.8, 4) is 0 Å². The number of hydrogen-bond donors (Lipinski definition) is 1. The Morgan fingerprint density at radius 2 is 1.78 bits per heavy atom. The van der Waals surface area contributed by atoms with Crippen LogP contribution >= 0.6 is 0 Å². The fraction of sp³-hybridized carbons (Fsp3) is 1.00. The van der Waals surface area contributed by atoms with Gasteiger partial charge in [0, 0.05) is 24.2 Å². The van der Waals surface area contributed by atoms with E-state index in [0.717, 1.165) is 0 Å². The molecule has 1 spiro atoms. The average molecular weight is 252 g/mol. The van der Waals surface area contributed by atoms with Gasteiger partial charge in [0.1, 0.15) is 0 Å². The van der Waals surface area contributed by atoms with Crippen LogP contribution in [0.4, 0.5) is 0 Å². The second-order valence-corrected chi connectivity index (χ2v) is 7.14. The van der Waals surface area contributed by atoms with Crippen LogP contribution in [0.1, 0.15) is 72.1 Å². The number of hydrogen-bond acceptors (Lipinski definition) is 2. The lowest BCUT2D eigenvalue weighted by Crippen LogP contribution is -2.67. The van der Waals surface area contributed by atoms with Gasteiger partial charge in [-0.25, -0.2) is 0 Å². The van der Waals surface area contributed by atoms with Crippen LogP contribution in [-0.2, 0) is 0 Å². The number of nitrogens with zero attached hydrogens (tertiary/aromatic N) is 1. The zero-order chi connectivity index (χ0) is 13.1. The van der Waals surface area contributed by atoms with Crippen molar-refractivity contribution in [1.29, 1.82) is 0 Å². The third-order valence-corrected chi connectivity index (χ3v) is 5.09.